The molecular weight excluding hydrogens is 254 g/mol. The molecule has 0 spiro atoms. The fourth-order valence-electron chi connectivity index (χ4n) is 2.85. The van der Waals surface area contributed by atoms with Crippen molar-refractivity contribution in [2.75, 3.05) is 0 Å². The lowest BCUT2D eigenvalue weighted by atomic mass is 9.92. The zero-order valence-electron chi connectivity index (χ0n) is 13.7. The second kappa shape index (κ2) is 7.30. The topological polar surface area (TPSA) is 49.8 Å². The lowest BCUT2D eigenvalue weighted by Crippen LogP contribution is -2.52. The third kappa shape index (κ3) is 4.97. The number of carbonyl (C=O) groups excluding carboxylic acids is 1. The van der Waals surface area contributed by atoms with Gasteiger partial charge in [0.15, 0.2) is 0 Å². The summed E-state index contributed by atoms with van der Waals surface area (Å²) in [7, 11) is 0. The maximum Gasteiger partial charge on any atom is 0.410 e. The monoisotopic (exact) mass is 285 g/mol. The van der Waals surface area contributed by atoms with Crippen LogP contribution in [0.15, 0.2) is 0 Å². The first kappa shape index (κ1) is 17.3. The maximum atomic E-state index is 12.5. The normalized spacial score (nSPS) is 20.3. The highest BCUT2D eigenvalue weighted by molar-refractivity contribution is 5.69. The Morgan fingerprint density at radius 2 is 1.85 bits per heavy atom. The molecule has 1 N–H and O–H groups in total. The predicted molar refractivity (Wildman–Crippen MR) is 80.7 cm³/mol. The van der Waals surface area contributed by atoms with Gasteiger partial charge in [0.1, 0.15) is 5.60 Å². The predicted octanol–water partition coefficient (Wildman–Crippen LogP) is 3.72. The Hall–Kier alpha value is -0.770. The molecule has 0 aromatic heterocycles. The highest BCUT2D eigenvalue weighted by Crippen LogP contribution is 2.27. The van der Waals surface area contributed by atoms with Crippen molar-refractivity contribution in [3.63, 3.8) is 0 Å². The second-order valence-electron chi connectivity index (χ2n) is 6.90. The van der Waals surface area contributed by atoms with E-state index < -0.39 is 11.7 Å². The molecule has 0 saturated heterocycles. The van der Waals surface area contributed by atoms with E-state index in [0.717, 1.165) is 25.7 Å². The minimum Gasteiger partial charge on any atom is -0.444 e. The van der Waals surface area contributed by atoms with Gasteiger partial charge >= 0.3 is 6.09 Å². The summed E-state index contributed by atoms with van der Waals surface area (Å²) < 4.78 is 5.54. The van der Waals surface area contributed by atoms with Gasteiger partial charge in [0.2, 0.25) is 0 Å². The molecule has 1 saturated carbocycles. The average molecular weight is 285 g/mol. The van der Waals surface area contributed by atoms with Crippen molar-refractivity contribution in [2.45, 2.75) is 96.9 Å². The number of aliphatic hydroxyl groups excluding tert-OH is 1. The van der Waals surface area contributed by atoms with E-state index in [2.05, 4.69) is 0 Å². The van der Waals surface area contributed by atoms with Crippen LogP contribution in [0.2, 0.25) is 0 Å². The van der Waals surface area contributed by atoms with Gasteiger partial charge in [-0.3, -0.25) is 4.90 Å². The fourth-order valence-corrected chi connectivity index (χ4v) is 2.85. The van der Waals surface area contributed by atoms with E-state index in [-0.39, 0.29) is 18.2 Å². The number of ether oxygens (including phenoxy) is 1. The van der Waals surface area contributed by atoms with E-state index in [1.807, 2.05) is 34.6 Å². The van der Waals surface area contributed by atoms with Crippen molar-refractivity contribution in [2.24, 2.45) is 0 Å². The number of rotatable bonds is 4. The molecule has 1 amide bonds. The number of carbonyl (C=O) groups is 1. The summed E-state index contributed by atoms with van der Waals surface area (Å²) in [6.07, 6.45) is 5.43. The van der Waals surface area contributed by atoms with Crippen LogP contribution in [0.5, 0.6) is 0 Å². The van der Waals surface area contributed by atoms with E-state index in [0.29, 0.717) is 6.42 Å². The van der Waals surface area contributed by atoms with E-state index in [1.54, 1.807) is 4.90 Å². The molecule has 4 heteroatoms. The molecule has 0 aromatic carbocycles. The van der Waals surface area contributed by atoms with Crippen LogP contribution in [-0.2, 0) is 4.74 Å². The smallest absolute Gasteiger partial charge is 0.410 e. The Labute approximate surface area is 123 Å². The zero-order valence-corrected chi connectivity index (χ0v) is 13.7. The summed E-state index contributed by atoms with van der Waals surface area (Å²) in [6, 6.07) is 0.00718. The standard InChI is InChI=1S/C16H31NO3/c1-6-14(18)12(2)17(13-10-8-7-9-11-13)15(19)20-16(3,4)5/h12-14,18H,6-11H2,1-5H3. The second-order valence-corrected chi connectivity index (χ2v) is 6.90. The van der Waals surface area contributed by atoms with E-state index in [1.165, 1.54) is 6.42 Å². The van der Waals surface area contributed by atoms with Crippen LogP contribution < -0.4 is 0 Å². The molecule has 1 rings (SSSR count). The third-order valence-electron chi connectivity index (χ3n) is 3.99. The van der Waals surface area contributed by atoms with E-state index >= 15 is 0 Å². The Balaban J connectivity index is 2.85. The molecule has 2 atom stereocenters. The van der Waals surface area contributed by atoms with E-state index in [9.17, 15) is 9.90 Å². The molecule has 0 radical (unpaired) electrons. The Morgan fingerprint density at radius 1 is 1.30 bits per heavy atom. The summed E-state index contributed by atoms with van der Waals surface area (Å²) >= 11 is 0. The molecule has 20 heavy (non-hydrogen) atoms. The van der Waals surface area contributed by atoms with Crippen LogP contribution in [0.1, 0.15) is 73.1 Å². The van der Waals surface area contributed by atoms with Crippen molar-refractivity contribution >= 4 is 6.09 Å². The zero-order chi connectivity index (χ0) is 15.3. The van der Waals surface area contributed by atoms with Gasteiger partial charge in [-0.25, -0.2) is 4.79 Å². The van der Waals surface area contributed by atoms with Crippen LogP contribution in [0.25, 0.3) is 0 Å². The highest BCUT2D eigenvalue weighted by atomic mass is 16.6. The first-order chi connectivity index (χ1) is 9.26. The van der Waals surface area contributed by atoms with Crippen LogP contribution in [0.4, 0.5) is 4.79 Å². The van der Waals surface area contributed by atoms with E-state index in [4.69, 9.17) is 4.74 Å². The van der Waals surface area contributed by atoms with Crippen molar-refractivity contribution in [3.8, 4) is 0 Å². The van der Waals surface area contributed by atoms with Gasteiger partial charge in [0.05, 0.1) is 12.1 Å². The molecule has 0 heterocycles. The van der Waals surface area contributed by atoms with Gasteiger partial charge in [-0.2, -0.15) is 0 Å². The fraction of sp³-hybridized carbons (Fsp3) is 0.938. The Kier molecular flexibility index (Phi) is 6.31. The van der Waals surface area contributed by atoms with Crippen LogP contribution in [0, 0.1) is 0 Å². The van der Waals surface area contributed by atoms with Gasteiger partial charge in [-0.15, -0.1) is 0 Å². The summed E-state index contributed by atoms with van der Waals surface area (Å²) in [5, 5.41) is 10.1. The van der Waals surface area contributed by atoms with Gasteiger partial charge in [0, 0.05) is 6.04 Å². The molecule has 1 aliphatic carbocycles. The van der Waals surface area contributed by atoms with Gasteiger partial charge < -0.3 is 9.84 Å². The van der Waals surface area contributed by atoms with Gasteiger partial charge in [-0.1, -0.05) is 26.2 Å². The van der Waals surface area contributed by atoms with Gasteiger partial charge in [0.25, 0.3) is 0 Å². The Bertz CT molecular complexity index is 303. The molecular formula is C16H31NO3. The summed E-state index contributed by atoms with van der Waals surface area (Å²) in [5.41, 5.74) is -0.499. The summed E-state index contributed by atoms with van der Waals surface area (Å²) in [6.45, 7) is 9.50. The number of nitrogens with zero attached hydrogens (tertiary/aromatic N) is 1. The lowest BCUT2D eigenvalue weighted by molar-refractivity contribution is -0.0213. The molecule has 4 nitrogen and oxygen atoms in total. The minimum atomic E-state index is -0.499. The lowest BCUT2D eigenvalue weighted by Gasteiger charge is -2.40. The molecule has 0 aromatic rings. The minimum absolute atomic E-state index is 0.196. The summed E-state index contributed by atoms with van der Waals surface area (Å²) in [4.78, 5) is 14.3. The van der Waals surface area contributed by atoms with Crippen molar-refractivity contribution in [3.05, 3.63) is 0 Å². The molecule has 0 bridgehead atoms. The largest absolute Gasteiger partial charge is 0.444 e. The molecule has 118 valence electrons. The van der Waals surface area contributed by atoms with Crippen LogP contribution in [-0.4, -0.2) is 39.9 Å². The first-order valence-corrected chi connectivity index (χ1v) is 7.95. The molecule has 1 fully saturated rings. The average Bonchev–Trinajstić information content (AvgIpc) is 2.37. The van der Waals surface area contributed by atoms with Crippen LogP contribution >= 0.6 is 0 Å². The van der Waals surface area contributed by atoms with Gasteiger partial charge in [-0.05, 0) is 47.0 Å². The molecule has 0 aliphatic heterocycles. The van der Waals surface area contributed by atoms with Crippen molar-refractivity contribution < 1.29 is 14.6 Å². The summed E-state index contributed by atoms with van der Waals surface area (Å²) in [5.74, 6) is 0. The number of aliphatic hydroxyl groups is 1. The van der Waals surface area contributed by atoms with Crippen molar-refractivity contribution in [1.29, 1.82) is 0 Å². The third-order valence-corrected chi connectivity index (χ3v) is 3.99. The number of hydrogen-bond acceptors (Lipinski definition) is 3. The first-order valence-electron chi connectivity index (χ1n) is 7.95. The van der Waals surface area contributed by atoms with Crippen molar-refractivity contribution in [1.82, 2.24) is 4.90 Å². The SMILES string of the molecule is CCC(O)C(C)N(C(=O)OC(C)(C)C)C1CCCCC1. The maximum absolute atomic E-state index is 12.5. The Morgan fingerprint density at radius 3 is 2.30 bits per heavy atom. The number of hydrogen-bond donors (Lipinski definition) is 1. The molecule has 2 unspecified atom stereocenters. The number of amides is 1. The molecule has 1 aliphatic rings. The quantitative estimate of drug-likeness (QED) is 0.856. The van der Waals surface area contributed by atoms with Crippen LogP contribution in [0.3, 0.4) is 0 Å². The highest BCUT2D eigenvalue weighted by Gasteiger charge is 2.35.